The largest absolute Gasteiger partial charge is 0.357 e. The lowest BCUT2D eigenvalue weighted by Crippen LogP contribution is -2.42. The Hall–Kier alpha value is -1.62. The fourth-order valence-corrected chi connectivity index (χ4v) is 2.78. The molecule has 1 aromatic carbocycles. The number of nitrogens with zero attached hydrogens (tertiary/aromatic N) is 2. The van der Waals surface area contributed by atoms with Crippen molar-refractivity contribution < 1.29 is 4.39 Å². The Labute approximate surface area is 152 Å². The van der Waals surface area contributed by atoms with Crippen molar-refractivity contribution in [3.63, 3.8) is 0 Å². The number of benzene rings is 1. The topological polar surface area (TPSA) is 39.7 Å². The standard InChI is InChI=1S/C20H35FN4/c1-5-22-20(23-14-13-18-11-8-12-19(21)16-18)24-17(4)10-9-15-25(6-2)7-3/h8,11-12,16-17H,5-7,9-10,13-15H2,1-4H3,(H2,22,23,24). The first-order chi connectivity index (χ1) is 12.1. The number of rotatable bonds is 11. The molecule has 5 heteroatoms. The molecule has 2 N–H and O–H groups in total. The van der Waals surface area contributed by atoms with Crippen LogP contribution in [0.3, 0.4) is 0 Å². The molecule has 0 radical (unpaired) electrons. The molecule has 0 amide bonds. The van der Waals surface area contributed by atoms with Crippen LogP contribution in [-0.4, -0.2) is 49.6 Å². The lowest BCUT2D eigenvalue weighted by atomic mass is 10.1. The van der Waals surface area contributed by atoms with Gasteiger partial charge in [-0.15, -0.1) is 0 Å². The normalized spacial score (nSPS) is 13.1. The van der Waals surface area contributed by atoms with Gasteiger partial charge in [0.25, 0.3) is 0 Å². The van der Waals surface area contributed by atoms with E-state index in [9.17, 15) is 4.39 Å². The Morgan fingerprint density at radius 3 is 2.64 bits per heavy atom. The minimum absolute atomic E-state index is 0.187. The van der Waals surface area contributed by atoms with Gasteiger partial charge in [-0.2, -0.15) is 0 Å². The molecule has 4 nitrogen and oxygen atoms in total. The summed E-state index contributed by atoms with van der Waals surface area (Å²) in [7, 11) is 0. The molecule has 1 unspecified atom stereocenters. The number of guanidine groups is 1. The van der Waals surface area contributed by atoms with Gasteiger partial charge in [-0.1, -0.05) is 26.0 Å². The van der Waals surface area contributed by atoms with Crippen LogP contribution in [0.5, 0.6) is 0 Å². The smallest absolute Gasteiger partial charge is 0.191 e. The first-order valence-corrected chi connectivity index (χ1v) is 9.60. The molecule has 0 aliphatic rings. The van der Waals surface area contributed by atoms with Gasteiger partial charge in [-0.05, 0) is 70.4 Å². The molecule has 1 aromatic rings. The number of hydrogen-bond donors (Lipinski definition) is 2. The van der Waals surface area contributed by atoms with Crippen LogP contribution in [0.4, 0.5) is 4.39 Å². The van der Waals surface area contributed by atoms with E-state index in [0.29, 0.717) is 12.6 Å². The zero-order chi connectivity index (χ0) is 18.5. The molecule has 0 aromatic heterocycles. The number of hydrogen-bond acceptors (Lipinski definition) is 2. The SMILES string of the molecule is CCNC(=NCCc1cccc(F)c1)NC(C)CCCN(CC)CC. The Morgan fingerprint density at radius 1 is 1.24 bits per heavy atom. The maximum atomic E-state index is 13.2. The molecule has 1 rings (SSSR count). The third-order valence-electron chi connectivity index (χ3n) is 4.29. The molecule has 0 saturated heterocycles. The van der Waals surface area contributed by atoms with Crippen LogP contribution in [0.1, 0.15) is 46.1 Å². The Morgan fingerprint density at radius 2 is 2.00 bits per heavy atom. The van der Waals surface area contributed by atoms with Crippen LogP contribution >= 0.6 is 0 Å². The summed E-state index contributed by atoms with van der Waals surface area (Å²) in [6, 6.07) is 7.11. The lowest BCUT2D eigenvalue weighted by molar-refractivity contribution is 0.292. The molecule has 25 heavy (non-hydrogen) atoms. The molecule has 0 heterocycles. The molecule has 0 spiro atoms. The highest BCUT2D eigenvalue weighted by molar-refractivity contribution is 5.80. The second kappa shape index (κ2) is 12.7. The first kappa shape index (κ1) is 21.4. The van der Waals surface area contributed by atoms with E-state index in [2.05, 4.69) is 48.2 Å². The summed E-state index contributed by atoms with van der Waals surface area (Å²) in [5, 5.41) is 6.76. The molecule has 0 fully saturated rings. The van der Waals surface area contributed by atoms with Crippen LogP contribution in [-0.2, 0) is 6.42 Å². The van der Waals surface area contributed by atoms with Crippen molar-refractivity contribution in [2.75, 3.05) is 32.7 Å². The van der Waals surface area contributed by atoms with E-state index in [1.54, 1.807) is 12.1 Å². The highest BCUT2D eigenvalue weighted by atomic mass is 19.1. The third kappa shape index (κ3) is 9.44. The summed E-state index contributed by atoms with van der Waals surface area (Å²) >= 11 is 0. The van der Waals surface area contributed by atoms with Gasteiger partial charge in [-0.3, -0.25) is 4.99 Å². The molecule has 0 saturated carbocycles. The Bertz CT molecular complexity index is 500. The highest BCUT2D eigenvalue weighted by Crippen LogP contribution is 2.04. The van der Waals surface area contributed by atoms with E-state index in [0.717, 1.165) is 50.5 Å². The van der Waals surface area contributed by atoms with Gasteiger partial charge >= 0.3 is 0 Å². The fraction of sp³-hybridized carbons (Fsp3) is 0.650. The van der Waals surface area contributed by atoms with Gasteiger partial charge in [0.2, 0.25) is 0 Å². The van der Waals surface area contributed by atoms with Crippen LogP contribution < -0.4 is 10.6 Å². The average Bonchev–Trinajstić information content (AvgIpc) is 2.59. The second-order valence-electron chi connectivity index (χ2n) is 6.36. The summed E-state index contributed by atoms with van der Waals surface area (Å²) in [5.74, 6) is 0.655. The van der Waals surface area contributed by atoms with Gasteiger partial charge in [0.15, 0.2) is 5.96 Å². The molecular formula is C20H35FN4. The van der Waals surface area contributed by atoms with Crippen molar-refractivity contribution >= 4 is 5.96 Å². The maximum absolute atomic E-state index is 13.2. The Balaban J connectivity index is 2.41. The van der Waals surface area contributed by atoms with Gasteiger partial charge < -0.3 is 15.5 Å². The monoisotopic (exact) mass is 350 g/mol. The maximum Gasteiger partial charge on any atom is 0.191 e. The van der Waals surface area contributed by atoms with Crippen LogP contribution in [0.2, 0.25) is 0 Å². The van der Waals surface area contributed by atoms with Crippen molar-refractivity contribution in [2.45, 2.75) is 53.0 Å². The van der Waals surface area contributed by atoms with Gasteiger partial charge in [0.05, 0.1) is 0 Å². The van der Waals surface area contributed by atoms with Gasteiger partial charge in [-0.25, -0.2) is 4.39 Å². The number of nitrogens with one attached hydrogen (secondary N) is 2. The summed E-state index contributed by atoms with van der Waals surface area (Å²) < 4.78 is 13.2. The first-order valence-electron chi connectivity index (χ1n) is 9.60. The van der Waals surface area contributed by atoms with Crippen molar-refractivity contribution in [3.8, 4) is 0 Å². The molecule has 1 atom stereocenters. The predicted octanol–water partition coefficient (Wildman–Crippen LogP) is 3.43. The molecule has 0 aliphatic heterocycles. The molecule has 0 aliphatic carbocycles. The minimum atomic E-state index is -0.187. The average molecular weight is 351 g/mol. The van der Waals surface area contributed by atoms with Crippen molar-refractivity contribution in [1.29, 1.82) is 0 Å². The van der Waals surface area contributed by atoms with E-state index < -0.39 is 0 Å². The number of halogens is 1. The van der Waals surface area contributed by atoms with Crippen molar-refractivity contribution in [2.24, 2.45) is 4.99 Å². The molecule has 142 valence electrons. The zero-order valence-corrected chi connectivity index (χ0v) is 16.3. The van der Waals surface area contributed by atoms with Gasteiger partial charge in [0, 0.05) is 19.1 Å². The minimum Gasteiger partial charge on any atom is -0.357 e. The van der Waals surface area contributed by atoms with Gasteiger partial charge in [0.1, 0.15) is 5.82 Å². The molecular weight excluding hydrogens is 315 g/mol. The second-order valence-corrected chi connectivity index (χ2v) is 6.36. The highest BCUT2D eigenvalue weighted by Gasteiger charge is 2.06. The predicted molar refractivity (Wildman–Crippen MR) is 106 cm³/mol. The summed E-state index contributed by atoms with van der Waals surface area (Å²) in [6.45, 7) is 13.5. The summed E-state index contributed by atoms with van der Waals surface area (Å²) in [6.07, 6.45) is 3.04. The lowest BCUT2D eigenvalue weighted by Gasteiger charge is -2.21. The van der Waals surface area contributed by atoms with E-state index in [4.69, 9.17) is 0 Å². The summed E-state index contributed by atoms with van der Waals surface area (Å²) in [5.41, 5.74) is 0.979. The van der Waals surface area contributed by atoms with Crippen LogP contribution in [0.15, 0.2) is 29.3 Å². The number of aliphatic imine (C=N–C) groups is 1. The Kier molecular flexibility index (Phi) is 10.9. The van der Waals surface area contributed by atoms with Crippen molar-refractivity contribution in [1.82, 2.24) is 15.5 Å². The van der Waals surface area contributed by atoms with E-state index >= 15 is 0 Å². The van der Waals surface area contributed by atoms with E-state index in [1.165, 1.54) is 12.5 Å². The van der Waals surface area contributed by atoms with Crippen LogP contribution in [0, 0.1) is 5.82 Å². The fourth-order valence-electron chi connectivity index (χ4n) is 2.78. The quantitative estimate of drug-likeness (QED) is 0.474. The van der Waals surface area contributed by atoms with Crippen molar-refractivity contribution in [3.05, 3.63) is 35.6 Å². The third-order valence-corrected chi connectivity index (χ3v) is 4.29. The summed E-state index contributed by atoms with van der Waals surface area (Å²) in [4.78, 5) is 7.06. The van der Waals surface area contributed by atoms with E-state index in [1.807, 2.05) is 6.07 Å². The zero-order valence-electron chi connectivity index (χ0n) is 16.3. The van der Waals surface area contributed by atoms with E-state index in [-0.39, 0.29) is 5.82 Å². The molecule has 0 bridgehead atoms. The van der Waals surface area contributed by atoms with Crippen LogP contribution in [0.25, 0.3) is 0 Å².